The van der Waals surface area contributed by atoms with Crippen LogP contribution in [-0.4, -0.2) is 39.6 Å². The Kier molecular flexibility index (Phi) is 8.27. The van der Waals surface area contributed by atoms with E-state index in [1.165, 1.54) is 5.56 Å². The van der Waals surface area contributed by atoms with Crippen molar-refractivity contribution in [1.82, 2.24) is 14.7 Å². The normalized spacial score (nSPS) is 12.0. The molecule has 176 valence electrons. The number of aryl methyl sites for hydroxylation is 1. The number of benzene rings is 1. The SMILES string of the molecule is CCCCN(CC(=O)Nc1cc(C(C)(C)C)nn1C(C)(C)C)C(=O)c1ccc(CC)cc1. The summed E-state index contributed by atoms with van der Waals surface area (Å²) in [5.41, 5.74) is 2.29. The predicted molar refractivity (Wildman–Crippen MR) is 131 cm³/mol. The highest BCUT2D eigenvalue weighted by atomic mass is 16.2. The summed E-state index contributed by atoms with van der Waals surface area (Å²) >= 11 is 0. The number of nitrogens with zero attached hydrogens (tertiary/aromatic N) is 3. The second-order valence-corrected chi connectivity index (χ2v) is 10.4. The van der Waals surface area contributed by atoms with Crippen molar-refractivity contribution in [3.63, 3.8) is 0 Å². The van der Waals surface area contributed by atoms with Crippen LogP contribution in [0.25, 0.3) is 0 Å². The second-order valence-electron chi connectivity index (χ2n) is 10.4. The van der Waals surface area contributed by atoms with Crippen molar-refractivity contribution in [3.8, 4) is 0 Å². The monoisotopic (exact) mass is 440 g/mol. The van der Waals surface area contributed by atoms with Gasteiger partial charge >= 0.3 is 0 Å². The summed E-state index contributed by atoms with van der Waals surface area (Å²) in [6.45, 7) is 17.2. The van der Waals surface area contributed by atoms with Gasteiger partial charge in [0, 0.05) is 23.6 Å². The third-order valence-corrected chi connectivity index (χ3v) is 5.39. The van der Waals surface area contributed by atoms with E-state index in [-0.39, 0.29) is 29.3 Å². The van der Waals surface area contributed by atoms with E-state index in [2.05, 4.69) is 60.7 Å². The maximum Gasteiger partial charge on any atom is 0.254 e. The lowest BCUT2D eigenvalue weighted by Crippen LogP contribution is -2.39. The van der Waals surface area contributed by atoms with Gasteiger partial charge in [-0.05, 0) is 51.3 Å². The number of hydrogen-bond donors (Lipinski definition) is 1. The first-order valence-electron chi connectivity index (χ1n) is 11.7. The summed E-state index contributed by atoms with van der Waals surface area (Å²) in [6, 6.07) is 9.58. The molecular formula is C26H40N4O2. The van der Waals surface area contributed by atoms with E-state index in [1.807, 2.05) is 35.0 Å². The predicted octanol–water partition coefficient (Wildman–Crippen LogP) is 5.38. The van der Waals surface area contributed by atoms with Crippen molar-refractivity contribution in [2.45, 2.75) is 85.6 Å². The molecule has 0 saturated heterocycles. The van der Waals surface area contributed by atoms with Gasteiger partial charge in [-0.3, -0.25) is 9.59 Å². The third-order valence-electron chi connectivity index (χ3n) is 5.39. The molecule has 0 fully saturated rings. The maximum atomic E-state index is 13.1. The van der Waals surface area contributed by atoms with E-state index in [9.17, 15) is 9.59 Å². The fourth-order valence-corrected chi connectivity index (χ4v) is 3.37. The van der Waals surface area contributed by atoms with Crippen molar-refractivity contribution < 1.29 is 9.59 Å². The Labute approximate surface area is 193 Å². The van der Waals surface area contributed by atoms with Crippen molar-refractivity contribution in [1.29, 1.82) is 0 Å². The number of anilines is 1. The molecule has 6 heteroatoms. The summed E-state index contributed by atoms with van der Waals surface area (Å²) in [6.07, 6.45) is 2.72. The molecule has 1 N–H and O–H groups in total. The fraction of sp³-hybridized carbons (Fsp3) is 0.577. The number of aromatic nitrogens is 2. The van der Waals surface area contributed by atoms with Gasteiger partial charge in [-0.1, -0.05) is 53.2 Å². The molecular weight excluding hydrogens is 400 g/mol. The molecule has 1 aromatic carbocycles. The summed E-state index contributed by atoms with van der Waals surface area (Å²) in [7, 11) is 0. The minimum atomic E-state index is -0.287. The number of unbranched alkanes of at least 4 members (excludes halogenated alkanes) is 1. The first-order valence-corrected chi connectivity index (χ1v) is 11.7. The van der Waals surface area contributed by atoms with Gasteiger partial charge in [0.15, 0.2) is 0 Å². The molecule has 6 nitrogen and oxygen atoms in total. The smallest absolute Gasteiger partial charge is 0.254 e. The van der Waals surface area contributed by atoms with Gasteiger partial charge in [0.25, 0.3) is 5.91 Å². The molecule has 0 aliphatic carbocycles. The average molecular weight is 441 g/mol. The Bertz CT molecular complexity index is 915. The van der Waals surface area contributed by atoms with Crippen LogP contribution in [0.3, 0.4) is 0 Å². The fourth-order valence-electron chi connectivity index (χ4n) is 3.37. The second kappa shape index (κ2) is 10.3. The van der Waals surface area contributed by atoms with E-state index in [4.69, 9.17) is 5.10 Å². The summed E-state index contributed by atoms with van der Waals surface area (Å²) < 4.78 is 1.85. The van der Waals surface area contributed by atoms with Crippen LogP contribution in [0.1, 0.15) is 89.8 Å². The van der Waals surface area contributed by atoms with E-state index in [1.54, 1.807) is 4.90 Å². The van der Waals surface area contributed by atoms with Crippen LogP contribution in [0.5, 0.6) is 0 Å². The molecule has 0 atom stereocenters. The molecule has 0 radical (unpaired) electrons. The zero-order valence-corrected chi connectivity index (χ0v) is 21.1. The largest absolute Gasteiger partial charge is 0.329 e. The molecule has 2 amide bonds. The molecule has 0 saturated carbocycles. The Hall–Kier alpha value is -2.63. The van der Waals surface area contributed by atoms with Crippen LogP contribution in [-0.2, 0) is 22.2 Å². The number of nitrogens with one attached hydrogen (secondary N) is 1. The Morgan fingerprint density at radius 2 is 1.66 bits per heavy atom. The zero-order chi connectivity index (χ0) is 24.1. The van der Waals surface area contributed by atoms with Crippen LogP contribution >= 0.6 is 0 Å². The standard InChI is InChI=1S/C26H40N4O2/c1-9-11-16-29(24(32)20-14-12-19(10-2)13-15-20)18-23(31)27-22-17-21(25(3,4)5)28-30(22)26(6,7)8/h12-15,17H,9-11,16,18H2,1-8H3,(H,27,31). The van der Waals surface area contributed by atoms with Gasteiger partial charge < -0.3 is 10.2 Å². The number of carbonyl (C=O) groups excluding carboxylic acids is 2. The molecule has 1 aromatic heterocycles. The highest BCUT2D eigenvalue weighted by Crippen LogP contribution is 2.28. The molecule has 0 aliphatic heterocycles. The number of rotatable bonds is 8. The number of hydrogen-bond acceptors (Lipinski definition) is 3. The lowest BCUT2D eigenvalue weighted by Gasteiger charge is -2.25. The van der Waals surface area contributed by atoms with Crippen LogP contribution < -0.4 is 5.32 Å². The molecule has 2 rings (SSSR count). The highest BCUT2D eigenvalue weighted by molar-refractivity contribution is 5.99. The Balaban J connectivity index is 2.23. The van der Waals surface area contributed by atoms with E-state index >= 15 is 0 Å². The van der Waals surface area contributed by atoms with Crippen LogP contribution in [0.4, 0.5) is 5.82 Å². The van der Waals surface area contributed by atoms with Crippen molar-refractivity contribution >= 4 is 17.6 Å². The third kappa shape index (κ3) is 6.68. The van der Waals surface area contributed by atoms with Gasteiger partial charge in [0.2, 0.25) is 5.91 Å². The summed E-state index contributed by atoms with van der Waals surface area (Å²) in [5.74, 6) is 0.323. The average Bonchev–Trinajstić information content (AvgIpc) is 3.15. The van der Waals surface area contributed by atoms with Gasteiger partial charge in [0.05, 0.1) is 11.2 Å². The lowest BCUT2D eigenvalue weighted by atomic mass is 9.92. The van der Waals surface area contributed by atoms with Gasteiger partial charge in [-0.25, -0.2) is 4.68 Å². The van der Waals surface area contributed by atoms with Crippen LogP contribution in [0, 0.1) is 0 Å². The minimum Gasteiger partial charge on any atom is -0.329 e. The van der Waals surface area contributed by atoms with Crippen molar-refractivity contribution in [2.24, 2.45) is 0 Å². The van der Waals surface area contributed by atoms with Gasteiger partial charge in [-0.2, -0.15) is 5.10 Å². The Morgan fingerprint density at radius 1 is 1.03 bits per heavy atom. The quantitative estimate of drug-likeness (QED) is 0.599. The lowest BCUT2D eigenvalue weighted by molar-refractivity contribution is -0.117. The first kappa shape index (κ1) is 25.6. The molecule has 2 aromatic rings. The van der Waals surface area contributed by atoms with Crippen LogP contribution in [0.15, 0.2) is 30.3 Å². The van der Waals surface area contributed by atoms with Crippen molar-refractivity contribution in [2.75, 3.05) is 18.4 Å². The first-order chi connectivity index (χ1) is 14.9. The molecule has 32 heavy (non-hydrogen) atoms. The molecule has 0 bridgehead atoms. The van der Waals surface area contributed by atoms with Crippen molar-refractivity contribution in [3.05, 3.63) is 47.2 Å². The van der Waals surface area contributed by atoms with Crippen LogP contribution in [0.2, 0.25) is 0 Å². The Morgan fingerprint density at radius 3 is 2.16 bits per heavy atom. The number of carbonyl (C=O) groups is 2. The maximum absolute atomic E-state index is 13.1. The van der Waals surface area contributed by atoms with Gasteiger partial charge in [-0.15, -0.1) is 0 Å². The van der Waals surface area contributed by atoms with E-state index < -0.39 is 0 Å². The van der Waals surface area contributed by atoms with Gasteiger partial charge in [0.1, 0.15) is 12.4 Å². The van der Waals surface area contributed by atoms with E-state index in [0.29, 0.717) is 17.9 Å². The topological polar surface area (TPSA) is 67.2 Å². The zero-order valence-electron chi connectivity index (χ0n) is 21.1. The summed E-state index contributed by atoms with van der Waals surface area (Å²) in [5, 5.41) is 7.76. The minimum absolute atomic E-state index is 0.00847. The van der Waals surface area contributed by atoms with E-state index in [0.717, 1.165) is 25.0 Å². The molecule has 0 unspecified atom stereocenters. The summed E-state index contributed by atoms with van der Waals surface area (Å²) in [4.78, 5) is 27.8. The molecule has 1 heterocycles. The molecule has 0 aliphatic rings. The molecule has 0 spiro atoms. The number of amides is 2. The highest BCUT2D eigenvalue weighted by Gasteiger charge is 2.26.